The molecular weight excluding hydrogens is 286 g/mol. The Balaban J connectivity index is -0.00000144. The summed E-state index contributed by atoms with van der Waals surface area (Å²) in [6.45, 7) is 9.35. The number of hydrogen-bond acceptors (Lipinski definition) is 6. The summed E-state index contributed by atoms with van der Waals surface area (Å²) in [6.07, 6.45) is -0.720. The fraction of sp³-hybridized carbons (Fsp3) is 0.333. The van der Waals surface area contributed by atoms with Gasteiger partial charge in [-0.15, -0.1) is 0 Å². The van der Waals surface area contributed by atoms with Gasteiger partial charge < -0.3 is 9.47 Å². The third-order valence-corrected chi connectivity index (χ3v) is 1.64. The minimum atomic E-state index is -0.886. The van der Waals surface area contributed by atoms with Crippen molar-refractivity contribution in [3.63, 3.8) is 0 Å². The van der Waals surface area contributed by atoms with E-state index >= 15 is 0 Å². The quantitative estimate of drug-likeness (QED) is 0.301. The summed E-state index contributed by atoms with van der Waals surface area (Å²) in [6, 6.07) is 0. The van der Waals surface area contributed by atoms with Gasteiger partial charge in [-0.05, 0) is 13.8 Å². The zero-order chi connectivity index (χ0) is 14.3. The number of carbonyl (C=O) groups excluding carboxylic acids is 4. The van der Waals surface area contributed by atoms with Crippen molar-refractivity contribution in [1.29, 1.82) is 0 Å². The standard InChI is InChI=1S/C12H14O6.2Na.2H/c1-7(2)11(15)17-9(13)5-6-10(14)18-12(16)8(3)4;;;;/h1,3,5-6H2,2,4H3;;;;. The molecular formula is C12H16Na2O6. The van der Waals surface area contributed by atoms with Gasteiger partial charge in [0.05, 0.1) is 12.8 Å². The van der Waals surface area contributed by atoms with Gasteiger partial charge in [0.25, 0.3) is 0 Å². The Bertz CT molecular complexity index is 388. The predicted molar refractivity (Wildman–Crippen MR) is 75.4 cm³/mol. The number of esters is 4. The first kappa shape index (κ1) is 24.8. The zero-order valence-corrected chi connectivity index (χ0v) is 10.3. The third-order valence-electron chi connectivity index (χ3n) is 1.64. The predicted octanol–water partition coefficient (Wildman–Crippen LogP) is -0.239. The molecule has 0 spiro atoms. The van der Waals surface area contributed by atoms with Crippen molar-refractivity contribution in [3.05, 3.63) is 24.3 Å². The minimum absolute atomic E-state index is 0. The second-order valence-corrected chi connectivity index (χ2v) is 3.58. The molecule has 0 rings (SSSR count). The van der Waals surface area contributed by atoms with Gasteiger partial charge in [-0.2, -0.15) is 0 Å². The van der Waals surface area contributed by atoms with Crippen molar-refractivity contribution in [2.24, 2.45) is 0 Å². The van der Waals surface area contributed by atoms with Gasteiger partial charge in [0.15, 0.2) is 0 Å². The Kier molecular flexibility index (Phi) is 15.5. The summed E-state index contributed by atoms with van der Waals surface area (Å²) in [7, 11) is 0. The molecule has 0 saturated carbocycles. The fourth-order valence-electron chi connectivity index (χ4n) is 0.687. The van der Waals surface area contributed by atoms with E-state index in [2.05, 4.69) is 22.6 Å². The maximum absolute atomic E-state index is 11.1. The molecule has 0 heterocycles. The van der Waals surface area contributed by atoms with Crippen LogP contribution in [0.4, 0.5) is 0 Å². The molecule has 0 radical (unpaired) electrons. The average Bonchev–Trinajstić information content (AvgIpc) is 2.25. The van der Waals surface area contributed by atoms with Crippen molar-refractivity contribution in [2.75, 3.05) is 0 Å². The second kappa shape index (κ2) is 12.5. The van der Waals surface area contributed by atoms with Crippen LogP contribution < -0.4 is 0 Å². The van der Waals surface area contributed by atoms with Crippen LogP contribution in [0.15, 0.2) is 24.3 Å². The Hall–Kier alpha value is -0.240. The Labute approximate surface area is 161 Å². The SMILES string of the molecule is C=C(C)C(=O)OC(=O)CCC(=O)OC(=O)C(=C)C.[NaH].[NaH]. The normalized spacial score (nSPS) is 8.30. The van der Waals surface area contributed by atoms with Crippen LogP contribution in [0.2, 0.25) is 0 Å². The molecule has 20 heavy (non-hydrogen) atoms. The summed E-state index contributed by atoms with van der Waals surface area (Å²) < 4.78 is 8.65. The van der Waals surface area contributed by atoms with Crippen LogP contribution in [0.3, 0.4) is 0 Å². The molecule has 8 heteroatoms. The molecule has 0 aliphatic rings. The van der Waals surface area contributed by atoms with Crippen molar-refractivity contribution in [1.82, 2.24) is 0 Å². The van der Waals surface area contributed by atoms with Crippen molar-refractivity contribution in [3.8, 4) is 0 Å². The topological polar surface area (TPSA) is 86.7 Å². The first-order chi connectivity index (χ1) is 8.23. The molecule has 0 unspecified atom stereocenters. The van der Waals surface area contributed by atoms with E-state index in [-0.39, 0.29) is 83.1 Å². The van der Waals surface area contributed by atoms with Crippen LogP contribution in [-0.2, 0) is 28.7 Å². The number of hydrogen-bond donors (Lipinski definition) is 0. The second-order valence-electron chi connectivity index (χ2n) is 3.58. The van der Waals surface area contributed by atoms with E-state index in [1.807, 2.05) is 0 Å². The van der Waals surface area contributed by atoms with Gasteiger partial charge >= 0.3 is 83.0 Å². The van der Waals surface area contributed by atoms with Gasteiger partial charge in [0.2, 0.25) is 0 Å². The van der Waals surface area contributed by atoms with Crippen molar-refractivity contribution < 1.29 is 28.7 Å². The van der Waals surface area contributed by atoms with E-state index in [4.69, 9.17) is 0 Å². The molecule has 0 fully saturated rings. The maximum atomic E-state index is 11.1. The summed E-state index contributed by atoms with van der Waals surface area (Å²) in [4.78, 5) is 44.1. The summed E-state index contributed by atoms with van der Waals surface area (Å²) in [5.74, 6) is -3.48. The molecule has 0 aromatic carbocycles. The van der Waals surface area contributed by atoms with E-state index in [0.29, 0.717) is 0 Å². The van der Waals surface area contributed by atoms with Gasteiger partial charge in [-0.1, -0.05) is 13.2 Å². The molecule has 0 aromatic rings. The molecule has 6 nitrogen and oxygen atoms in total. The van der Waals surface area contributed by atoms with Crippen LogP contribution >= 0.6 is 0 Å². The zero-order valence-electron chi connectivity index (χ0n) is 10.3. The molecule has 0 aliphatic heterocycles. The van der Waals surface area contributed by atoms with Crippen molar-refractivity contribution >= 4 is 83.0 Å². The molecule has 0 amide bonds. The van der Waals surface area contributed by atoms with Crippen LogP contribution in [0.1, 0.15) is 26.7 Å². The Morgan fingerprint density at radius 3 is 1.20 bits per heavy atom. The van der Waals surface area contributed by atoms with E-state index in [0.717, 1.165) is 0 Å². The van der Waals surface area contributed by atoms with Gasteiger partial charge in [0, 0.05) is 11.1 Å². The molecule has 102 valence electrons. The van der Waals surface area contributed by atoms with Gasteiger partial charge in [0.1, 0.15) is 0 Å². The van der Waals surface area contributed by atoms with Crippen LogP contribution in [0.5, 0.6) is 0 Å². The van der Waals surface area contributed by atoms with E-state index < -0.39 is 23.9 Å². The molecule has 0 aliphatic carbocycles. The van der Waals surface area contributed by atoms with E-state index in [1.54, 1.807) is 0 Å². The Morgan fingerprint density at radius 1 is 0.750 bits per heavy atom. The average molecular weight is 302 g/mol. The van der Waals surface area contributed by atoms with Crippen molar-refractivity contribution in [2.45, 2.75) is 26.7 Å². The fourth-order valence-corrected chi connectivity index (χ4v) is 0.687. The first-order valence-electron chi connectivity index (χ1n) is 5.05. The summed E-state index contributed by atoms with van der Waals surface area (Å²) >= 11 is 0. The molecule has 0 aromatic heterocycles. The monoisotopic (exact) mass is 302 g/mol. The molecule has 0 N–H and O–H groups in total. The first-order valence-corrected chi connectivity index (χ1v) is 5.05. The van der Waals surface area contributed by atoms with Gasteiger partial charge in [-0.3, -0.25) is 9.59 Å². The van der Waals surface area contributed by atoms with E-state index in [1.165, 1.54) is 13.8 Å². The van der Waals surface area contributed by atoms with Crippen LogP contribution in [-0.4, -0.2) is 83.0 Å². The molecule has 0 saturated heterocycles. The summed E-state index contributed by atoms with van der Waals surface area (Å²) in [5.41, 5.74) is 0.145. The number of carbonyl (C=O) groups is 4. The van der Waals surface area contributed by atoms with E-state index in [9.17, 15) is 19.2 Å². The number of ether oxygens (including phenoxy) is 2. The molecule has 0 bridgehead atoms. The third kappa shape index (κ3) is 11.6. The molecule has 0 atom stereocenters. The van der Waals surface area contributed by atoms with Gasteiger partial charge in [-0.25, -0.2) is 9.59 Å². The summed E-state index contributed by atoms with van der Waals surface area (Å²) in [5, 5.41) is 0. The Morgan fingerprint density at radius 2 is 1.00 bits per heavy atom. The van der Waals surface area contributed by atoms with Crippen LogP contribution in [0.25, 0.3) is 0 Å². The number of rotatable bonds is 5. The van der Waals surface area contributed by atoms with Crippen LogP contribution in [0, 0.1) is 0 Å².